The number of benzene rings is 3. The highest BCUT2D eigenvalue weighted by molar-refractivity contribution is 6.40. The van der Waals surface area contributed by atoms with E-state index >= 15 is 0 Å². The molecule has 5 nitrogen and oxygen atoms in total. The Labute approximate surface area is 196 Å². The molecular formula is C25H18Cl2N4O. The fraction of sp³-hybridized carbons (Fsp3) is 0.0800. The topological polar surface area (TPSA) is 82.5 Å². The number of amidine groups is 1. The number of hydrogen-bond acceptors (Lipinski definition) is 3. The van der Waals surface area contributed by atoms with Crippen LogP contribution in [0.25, 0.3) is 0 Å². The van der Waals surface area contributed by atoms with Crippen LogP contribution >= 0.6 is 23.2 Å². The zero-order valence-electron chi connectivity index (χ0n) is 16.9. The van der Waals surface area contributed by atoms with Gasteiger partial charge in [-0.15, -0.1) is 0 Å². The van der Waals surface area contributed by atoms with E-state index < -0.39 is 5.92 Å². The lowest BCUT2D eigenvalue weighted by molar-refractivity contribution is -0.117. The second-order valence-electron chi connectivity index (χ2n) is 7.16. The lowest BCUT2D eigenvalue weighted by atomic mass is 9.98. The van der Waals surface area contributed by atoms with Crippen molar-refractivity contribution in [2.45, 2.75) is 12.5 Å². The summed E-state index contributed by atoms with van der Waals surface area (Å²) in [5.41, 5.74) is 9.02. The molecular weight excluding hydrogens is 443 g/mol. The van der Waals surface area contributed by atoms with Gasteiger partial charge >= 0.3 is 0 Å². The maximum Gasteiger partial charge on any atom is 0.243 e. The Kier molecular flexibility index (Phi) is 6.27. The summed E-state index contributed by atoms with van der Waals surface area (Å²) in [6.07, 6.45) is 1.55. The van der Waals surface area contributed by atoms with Crippen molar-refractivity contribution in [2.75, 3.05) is 4.90 Å². The van der Waals surface area contributed by atoms with Gasteiger partial charge in [-0.05, 0) is 35.4 Å². The minimum atomic E-state index is -0.723. The van der Waals surface area contributed by atoms with E-state index in [0.29, 0.717) is 28.0 Å². The molecule has 1 unspecified atom stereocenters. The summed E-state index contributed by atoms with van der Waals surface area (Å²) in [6.45, 7) is 0.336. The number of fused-ring (bicyclic) bond motifs is 1. The van der Waals surface area contributed by atoms with Crippen molar-refractivity contribution in [3.05, 3.63) is 106 Å². The molecule has 1 heterocycles. The minimum absolute atomic E-state index is 0.0795. The van der Waals surface area contributed by atoms with Crippen LogP contribution in [0.4, 0.5) is 11.4 Å². The number of halogens is 2. The first-order valence-electron chi connectivity index (χ1n) is 9.84. The van der Waals surface area contributed by atoms with Crippen molar-refractivity contribution in [2.24, 2.45) is 10.7 Å². The van der Waals surface area contributed by atoms with Crippen LogP contribution in [0.15, 0.2) is 89.4 Å². The number of carbonyl (C=O) groups excluding carboxylic acids is 1. The first-order chi connectivity index (χ1) is 15.5. The number of nitrogens with zero attached hydrogens (tertiary/aromatic N) is 3. The van der Waals surface area contributed by atoms with Crippen LogP contribution in [0.1, 0.15) is 17.0 Å². The Bertz CT molecular complexity index is 1260. The van der Waals surface area contributed by atoms with Gasteiger partial charge in [0.05, 0.1) is 39.5 Å². The summed E-state index contributed by atoms with van der Waals surface area (Å²) in [7, 11) is 0. The molecule has 158 valence electrons. The van der Waals surface area contributed by atoms with Gasteiger partial charge in [0.1, 0.15) is 11.9 Å². The number of rotatable bonds is 5. The third-order valence-electron chi connectivity index (χ3n) is 5.16. The second-order valence-corrected chi connectivity index (χ2v) is 7.97. The van der Waals surface area contributed by atoms with E-state index in [1.807, 2.05) is 54.6 Å². The molecule has 2 N–H and O–H groups in total. The summed E-state index contributed by atoms with van der Waals surface area (Å²) in [5, 5.41) is 10.4. The lowest BCUT2D eigenvalue weighted by Gasteiger charge is -2.20. The van der Waals surface area contributed by atoms with Crippen LogP contribution in [0.5, 0.6) is 0 Å². The molecule has 1 aliphatic rings. The molecule has 3 aromatic carbocycles. The van der Waals surface area contributed by atoms with Crippen LogP contribution < -0.4 is 10.6 Å². The van der Waals surface area contributed by atoms with Crippen molar-refractivity contribution in [3.8, 4) is 6.07 Å². The van der Waals surface area contributed by atoms with Crippen LogP contribution in [0, 0.1) is 11.3 Å². The molecule has 0 saturated carbocycles. The first-order valence-corrected chi connectivity index (χ1v) is 10.6. The summed E-state index contributed by atoms with van der Waals surface area (Å²) in [6, 6.07) is 24.1. The van der Waals surface area contributed by atoms with Gasteiger partial charge in [-0.1, -0.05) is 77.8 Å². The average Bonchev–Trinajstić information content (AvgIpc) is 3.07. The van der Waals surface area contributed by atoms with Gasteiger partial charge in [-0.3, -0.25) is 14.7 Å². The van der Waals surface area contributed by atoms with Crippen LogP contribution in [-0.2, 0) is 11.3 Å². The molecule has 1 atom stereocenters. The number of aliphatic imine (C=N–C) groups is 1. The maximum absolute atomic E-state index is 13.5. The molecule has 0 aliphatic carbocycles. The number of nitriles is 1. The first kappa shape index (κ1) is 21.6. The van der Waals surface area contributed by atoms with E-state index in [0.717, 1.165) is 11.1 Å². The number of nitrogens with two attached hydrogens (primary N) is 1. The second kappa shape index (κ2) is 9.27. The lowest BCUT2D eigenvalue weighted by Crippen LogP contribution is -2.24. The quantitative estimate of drug-likeness (QED) is 0.298. The van der Waals surface area contributed by atoms with Gasteiger partial charge in [0, 0.05) is 0 Å². The van der Waals surface area contributed by atoms with Crippen LogP contribution in [-0.4, -0.2) is 11.7 Å². The van der Waals surface area contributed by atoms with E-state index in [4.69, 9.17) is 28.9 Å². The van der Waals surface area contributed by atoms with E-state index in [1.165, 1.54) is 4.90 Å². The average molecular weight is 461 g/mol. The SMILES string of the molecule is N#CC(=CC1C(=O)N(c2c(Cl)cccc2Cl)c2ccccc21)C(N)=NCc1ccccc1. The molecule has 1 aliphatic heterocycles. The van der Waals surface area contributed by atoms with Gasteiger partial charge in [-0.2, -0.15) is 5.26 Å². The number of amides is 1. The van der Waals surface area contributed by atoms with Gasteiger partial charge in [0.25, 0.3) is 0 Å². The Morgan fingerprint density at radius 1 is 1.03 bits per heavy atom. The number of hydrogen-bond donors (Lipinski definition) is 1. The Morgan fingerprint density at radius 2 is 1.69 bits per heavy atom. The number of anilines is 2. The Hall–Kier alpha value is -3.59. The van der Waals surface area contributed by atoms with Crippen molar-refractivity contribution >= 4 is 46.3 Å². The third-order valence-corrected chi connectivity index (χ3v) is 5.77. The van der Waals surface area contributed by atoms with Crippen LogP contribution in [0.3, 0.4) is 0 Å². The highest BCUT2D eigenvalue weighted by atomic mass is 35.5. The highest BCUT2D eigenvalue weighted by Crippen LogP contribution is 2.47. The monoisotopic (exact) mass is 460 g/mol. The molecule has 1 amide bonds. The molecule has 0 saturated heterocycles. The maximum atomic E-state index is 13.5. The third kappa shape index (κ3) is 4.11. The number of carbonyl (C=O) groups is 1. The molecule has 32 heavy (non-hydrogen) atoms. The Morgan fingerprint density at radius 3 is 2.38 bits per heavy atom. The molecule has 0 aromatic heterocycles. The van der Waals surface area contributed by atoms with E-state index in [1.54, 1.807) is 24.3 Å². The summed E-state index contributed by atoms with van der Waals surface area (Å²) < 4.78 is 0. The fourth-order valence-electron chi connectivity index (χ4n) is 3.63. The predicted molar refractivity (Wildman–Crippen MR) is 128 cm³/mol. The molecule has 3 aromatic rings. The van der Waals surface area contributed by atoms with Crippen molar-refractivity contribution < 1.29 is 4.79 Å². The predicted octanol–water partition coefficient (Wildman–Crippen LogP) is 5.76. The van der Waals surface area contributed by atoms with Gasteiger partial charge < -0.3 is 5.73 Å². The Balaban J connectivity index is 1.72. The normalized spacial score (nSPS) is 16.1. The van der Waals surface area contributed by atoms with Crippen molar-refractivity contribution in [3.63, 3.8) is 0 Å². The number of para-hydroxylation sites is 2. The van der Waals surface area contributed by atoms with Crippen molar-refractivity contribution in [1.29, 1.82) is 5.26 Å². The highest BCUT2D eigenvalue weighted by Gasteiger charge is 2.38. The zero-order chi connectivity index (χ0) is 22.7. The standard InChI is InChI=1S/C25H18Cl2N4O/c26-20-10-6-11-21(27)23(20)31-22-12-5-4-9-18(22)19(25(31)32)13-17(14-28)24(29)30-15-16-7-2-1-3-8-16/h1-13,19H,15H2,(H2,29,30). The molecule has 0 bridgehead atoms. The van der Waals surface area contributed by atoms with Gasteiger partial charge in [-0.25, -0.2) is 0 Å². The minimum Gasteiger partial charge on any atom is -0.383 e. The molecule has 0 spiro atoms. The fourth-order valence-corrected chi connectivity index (χ4v) is 4.20. The van der Waals surface area contributed by atoms with Crippen LogP contribution in [0.2, 0.25) is 10.0 Å². The smallest absolute Gasteiger partial charge is 0.243 e. The van der Waals surface area contributed by atoms with E-state index in [9.17, 15) is 10.1 Å². The molecule has 7 heteroatoms. The van der Waals surface area contributed by atoms with Crippen molar-refractivity contribution in [1.82, 2.24) is 0 Å². The largest absolute Gasteiger partial charge is 0.383 e. The van der Waals surface area contributed by atoms with Gasteiger partial charge in [0.2, 0.25) is 5.91 Å². The van der Waals surface area contributed by atoms with Gasteiger partial charge in [0.15, 0.2) is 0 Å². The molecule has 4 rings (SSSR count). The molecule has 0 fully saturated rings. The summed E-state index contributed by atoms with van der Waals surface area (Å²) in [4.78, 5) is 19.3. The summed E-state index contributed by atoms with van der Waals surface area (Å²) >= 11 is 12.8. The molecule has 0 radical (unpaired) electrons. The summed E-state index contributed by atoms with van der Waals surface area (Å²) in [5.74, 6) is -0.917. The zero-order valence-corrected chi connectivity index (χ0v) is 18.4. The van der Waals surface area contributed by atoms with E-state index in [-0.39, 0.29) is 17.3 Å². The van der Waals surface area contributed by atoms with E-state index in [2.05, 4.69) is 11.1 Å².